The number of hydrogen-bond acceptors (Lipinski definition) is 3. The quantitative estimate of drug-likeness (QED) is 0.687. The molecular formula is C19H28N4O2. The van der Waals surface area contributed by atoms with E-state index in [1.807, 2.05) is 12.1 Å². The Morgan fingerprint density at radius 2 is 1.88 bits per heavy atom. The number of nitrogens with one attached hydrogen (secondary N) is 2. The summed E-state index contributed by atoms with van der Waals surface area (Å²) in [4.78, 5) is 29.2. The fourth-order valence-electron chi connectivity index (χ4n) is 2.58. The molecule has 0 saturated heterocycles. The van der Waals surface area contributed by atoms with Gasteiger partial charge in [0.25, 0.3) is 11.8 Å². The lowest BCUT2D eigenvalue weighted by atomic mass is 10.1. The Balaban J connectivity index is 2.16. The Hall–Kier alpha value is -2.37. The molecule has 2 amide bonds. The summed E-state index contributed by atoms with van der Waals surface area (Å²) in [5.74, 6) is 0.275. The number of imidazole rings is 1. The molecule has 0 radical (unpaired) electrons. The Bertz CT molecular complexity index is 721. The molecule has 2 rings (SSSR count). The summed E-state index contributed by atoms with van der Waals surface area (Å²) in [6, 6.07) is 5.46. The number of nitrogens with zero attached hydrogens (tertiary/aromatic N) is 2. The van der Waals surface area contributed by atoms with Crippen LogP contribution in [-0.2, 0) is 0 Å². The number of fused-ring (bicyclic) bond motifs is 1. The lowest BCUT2D eigenvalue weighted by molar-refractivity contribution is 0.0942. The first-order valence-corrected chi connectivity index (χ1v) is 9.08. The summed E-state index contributed by atoms with van der Waals surface area (Å²) in [5, 5.41) is 5.77. The number of carbonyl (C=O) groups excluding carboxylic acids is 2. The minimum absolute atomic E-state index is 0.241. The van der Waals surface area contributed by atoms with Crippen LogP contribution in [0.1, 0.15) is 67.6 Å². The van der Waals surface area contributed by atoms with Gasteiger partial charge < -0.3 is 10.6 Å². The van der Waals surface area contributed by atoms with E-state index in [1.54, 1.807) is 16.7 Å². The molecule has 2 aromatic heterocycles. The average Bonchev–Trinajstić information content (AvgIpc) is 2.98. The summed E-state index contributed by atoms with van der Waals surface area (Å²) < 4.78 is 1.67. The van der Waals surface area contributed by atoms with Gasteiger partial charge in [0.15, 0.2) is 5.69 Å². The second-order valence-corrected chi connectivity index (χ2v) is 6.64. The Kier molecular flexibility index (Phi) is 6.98. The summed E-state index contributed by atoms with van der Waals surface area (Å²) in [6.07, 6.45) is 5.78. The molecular weight excluding hydrogens is 316 g/mol. The normalized spacial score (nSPS) is 11.0. The van der Waals surface area contributed by atoms with Crippen molar-refractivity contribution in [2.24, 2.45) is 5.92 Å². The molecule has 2 aromatic rings. The molecule has 25 heavy (non-hydrogen) atoms. The van der Waals surface area contributed by atoms with Crippen molar-refractivity contribution in [3.63, 3.8) is 0 Å². The molecule has 0 bridgehead atoms. The van der Waals surface area contributed by atoms with Gasteiger partial charge in [-0.25, -0.2) is 4.98 Å². The highest BCUT2D eigenvalue weighted by atomic mass is 16.2. The molecule has 136 valence electrons. The Labute approximate surface area is 149 Å². The topological polar surface area (TPSA) is 75.5 Å². The molecule has 0 saturated carbocycles. The van der Waals surface area contributed by atoms with Crippen molar-refractivity contribution in [3.8, 4) is 0 Å². The first-order valence-electron chi connectivity index (χ1n) is 9.08. The zero-order valence-corrected chi connectivity index (χ0v) is 15.3. The molecule has 0 aliphatic carbocycles. The number of hydrogen-bond donors (Lipinski definition) is 2. The van der Waals surface area contributed by atoms with Crippen molar-refractivity contribution in [1.82, 2.24) is 20.0 Å². The van der Waals surface area contributed by atoms with Crippen LogP contribution in [0.4, 0.5) is 0 Å². The molecule has 0 aliphatic heterocycles. The van der Waals surface area contributed by atoms with Crippen LogP contribution in [0, 0.1) is 5.92 Å². The molecule has 0 atom stereocenters. The minimum Gasteiger partial charge on any atom is -0.351 e. The Morgan fingerprint density at radius 3 is 2.60 bits per heavy atom. The maximum Gasteiger partial charge on any atom is 0.287 e. The van der Waals surface area contributed by atoms with Gasteiger partial charge >= 0.3 is 0 Å². The maximum absolute atomic E-state index is 12.5. The molecule has 6 heteroatoms. The lowest BCUT2D eigenvalue weighted by Gasteiger charge is -2.05. The van der Waals surface area contributed by atoms with Crippen LogP contribution in [0.15, 0.2) is 24.4 Å². The predicted octanol–water partition coefficient (Wildman–Crippen LogP) is 3.03. The third-order valence-electron chi connectivity index (χ3n) is 4.04. The minimum atomic E-state index is -0.251. The van der Waals surface area contributed by atoms with Crippen molar-refractivity contribution in [2.75, 3.05) is 13.1 Å². The molecule has 0 aromatic carbocycles. The van der Waals surface area contributed by atoms with Gasteiger partial charge in [-0.15, -0.1) is 0 Å². The van der Waals surface area contributed by atoms with Crippen LogP contribution in [0.5, 0.6) is 0 Å². The molecule has 2 heterocycles. The van der Waals surface area contributed by atoms with Gasteiger partial charge in [0.2, 0.25) is 5.82 Å². The second-order valence-electron chi connectivity index (χ2n) is 6.64. The van der Waals surface area contributed by atoms with E-state index in [0.717, 1.165) is 25.7 Å². The molecule has 0 spiro atoms. The SMILES string of the molecule is CCCCCNC(=O)c1nc(C(=O)NCCC(C)C)c2ccccn12. The standard InChI is InChI=1S/C19H28N4O2/c1-4-5-7-11-20-19(25)17-22-16(15-9-6-8-13-23(15)17)18(24)21-12-10-14(2)3/h6,8-9,13-14H,4-5,7,10-12H2,1-3H3,(H,20,25)(H,21,24). The number of unbranched alkanes of at least 4 members (excludes halogenated alkanes) is 2. The smallest absolute Gasteiger partial charge is 0.287 e. The van der Waals surface area contributed by atoms with Gasteiger partial charge in [0.1, 0.15) is 0 Å². The van der Waals surface area contributed by atoms with E-state index in [1.165, 1.54) is 0 Å². The van der Waals surface area contributed by atoms with Crippen LogP contribution in [0.25, 0.3) is 5.52 Å². The fraction of sp³-hybridized carbons (Fsp3) is 0.526. The first kappa shape index (κ1) is 19.0. The van der Waals surface area contributed by atoms with Crippen LogP contribution in [0.3, 0.4) is 0 Å². The van der Waals surface area contributed by atoms with Crippen molar-refractivity contribution in [2.45, 2.75) is 46.5 Å². The van der Waals surface area contributed by atoms with E-state index < -0.39 is 0 Å². The van der Waals surface area contributed by atoms with Crippen LogP contribution in [-0.4, -0.2) is 34.3 Å². The van der Waals surface area contributed by atoms with Crippen molar-refractivity contribution in [1.29, 1.82) is 0 Å². The van der Waals surface area contributed by atoms with E-state index in [4.69, 9.17) is 0 Å². The third-order valence-corrected chi connectivity index (χ3v) is 4.04. The van der Waals surface area contributed by atoms with E-state index in [9.17, 15) is 9.59 Å². The van der Waals surface area contributed by atoms with Crippen molar-refractivity contribution < 1.29 is 9.59 Å². The highest BCUT2D eigenvalue weighted by molar-refractivity contribution is 6.02. The number of carbonyl (C=O) groups is 2. The summed E-state index contributed by atoms with van der Waals surface area (Å²) in [7, 11) is 0. The van der Waals surface area contributed by atoms with Gasteiger partial charge in [0, 0.05) is 19.3 Å². The molecule has 2 N–H and O–H groups in total. The second kappa shape index (κ2) is 9.20. The van der Waals surface area contributed by atoms with Gasteiger partial charge in [-0.2, -0.15) is 0 Å². The van der Waals surface area contributed by atoms with E-state index in [-0.39, 0.29) is 17.6 Å². The summed E-state index contributed by atoms with van der Waals surface area (Å²) >= 11 is 0. The fourth-order valence-corrected chi connectivity index (χ4v) is 2.58. The number of pyridine rings is 1. The maximum atomic E-state index is 12.5. The number of rotatable bonds is 9. The molecule has 0 unspecified atom stereocenters. The van der Waals surface area contributed by atoms with Gasteiger partial charge in [-0.1, -0.05) is 39.7 Å². The zero-order valence-electron chi connectivity index (χ0n) is 15.3. The van der Waals surface area contributed by atoms with E-state index in [0.29, 0.717) is 30.2 Å². The van der Waals surface area contributed by atoms with Gasteiger partial charge in [-0.3, -0.25) is 14.0 Å². The molecule has 0 aliphatic rings. The number of amides is 2. The van der Waals surface area contributed by atoms with Crippen LogP contribution in [0.2, 0.25) is 0 Å². The summed E-state index contributed by atoms with van der Waals surface area (Å²) in [5.41, 5.74) is 0.936. The first-order chi connectivity index (χ1) is 12.0. The van der Waals surface area contributed by atoms with Gasteiger partial charge in [-0.05, 0) is 30.9 Å². The molecule has 0 fully saturated rings. The monoisotopic (exact) mass is 344 g/mol. The average molecular weight is 344 g/mol. The van der Waals surface area contributed by atoms with Crippen LogP contribution >= 0.6 is 0 Å². The lowest BCUT2D eigenvalue weighted by Crippen LogP contribution is -2.27. The highest BCUT2D eigenvalue weighted by Gasteiger charge is 2.20. The highest BCUT2D eigenvalue weighted by Crippen LogP contribution is 2.13. The van der Waals surface area contributed by atoms with Gasteiger partial charge in [0.05, 0.1) is 5.52 Å². The third kappa shape index (κ3) is 5.05. The van der Waals surface area contributed by atoms with E-state index in [2.05, 4.69) is 36.4 Å². The van der Waals surface area contributed by atoms with Crippen molar-refractivity contribution >= 4 is 17.3 Å². The summed E-state index contributed by atoms with van der Waals surface area (Å²) in [6.45, 7) is 7.55. The molecule has 6 nitrogen and oxygen atoms in total. The van der Waals surface area contributed by atoms with E-state index >= 15 is 0 Å². The Morgan fingerprint density at radius 1 is 1.12 bits per heavy atom. The number of aromatic nitrogens is 2. The predicted molar refractivity (Wildman–Crippen MR) is 98.8 cm³/mol. The largest absolute Gasteiger partial charge is 0.351 e. The van der Waals surface area contributed by atoms with Crippen molar-refractivity contribution in [3.05, 3.63) is 35.9 Å². The zero-order chi connectivity index (χ0) is 18.2. The van der Waals surface area contributed by atoms with Crippen LogP contribution < -0.4 is 10.6 Å².